The number of carbonyl (C=O) groups is 1. The van der Waals surface area contributed by atoms with E-state index in [9.17, 15) is 9.18 Å². The third-order valence-corrected chi connectivity index (χ3v) is 2.74. The summed E-state index contributed by atoms with van der Waals surface area (Å²) in [5.41, 5.74) is 5.69. The molecule has 1 fully saturated rings. The Kier molecular flexibility index (Phi) is 2.63. The van der Waals surface area contributed by atoms with Crippen LogP contribution in [-0.2, 0) is 0 Å². The molecular weight excluding hydrogens is 219 g/mol. The van der Waals surface area contributed by atoms with Crippen LogP contribution in [0.15, 0.2) is 18.2 Å². The van der Waals surface area contributed by atoms with Crippen molar-refractivity contribution in [2.75, 3.05) is 0 Å². The summed E-state index contributed by atoms with van der Waals surface area (Å²) in [6.45, 7) is 0. The Hall–Kier alpha value is -1.13. The lowest BCUT2D eigenvalue weighted by Gasteiger charge is -2.05. The van der Waals surface area contributed by atoms with Crippen LogP contribution < -0.4 is 11.1 Å². The molecule has 2 unspecified atom stereocenters. The topological polar surface area (TPSA) is 55.1 Å². The van der Waals surface area contributed by atoms with Crippen molar-refractivity contribution >= 4 is 17.5 Å². The van der Waals surface area contributed by atoms with E-state index >= 15 is 0 Å². The minimum absolute atomic E-state index is 0.00293. The van der Waals surface area contributed by atoms with Crippen LogP contribution in [0.1, 0.15) is 16.8 Å². The lowest BCUT2D eigenvalue weighted by atomic mass is 10.2. The number of benzene rings is 1. The van der Waals surface area contributed by atoms with E-state index in [1.807, 2.05) is 0 Å². The van der Waals surface area contributed by atoms with Gasteiger partial charge in [-0.3, -0.25) is 4.79 Å². The molecule has 80 valence electrons. The van der Waals surface area contributed by atoms with Crippen LogP contribution in [0.4, 0.5) is 4.39 Å². The molecule has 0 spiro atoms. The van der Waals surface area contributed by atoms with Crippen molar-refractivity contribution < 1.29 is 9.18 Å². The lowest BCUT2D eigenvalue weighted by Crippen LogP contribution is -2.29. The number of nitrogens with one attached hydrogen (secondary N) is 1. The Balaban J connectivity index is 2.14. The minimum Gasteiger partial charge on any atom is -0.348 e. The van der Waals surface area contributed by atoms with E-state index in [-0.39, 0.29) is 28.6 Å². The molecule has 1 saturated carbocycles. The SMILES string of the molecule is NC1CC1NC(=O)c1cccc(F)c1Cl. The van der Waals surface area contributed by atoms with Crippen LogP contribution in [0.25, 0.3) is 0 Å². The highest BCUT2D eigenvalue weighted by Crippen LogP contribution is 2.22. The van der Waals surface area contributed by atoms with Gasteiger partial charge in [0.1, 0.15) is 5.82 Å². The second-order valence-corrected chi connectivity index (χ2v) is 3.96. The molecule has 2 rings (SSSR count). The van der Waals surface area contributed by atoms with Gasteiger partial charge in [-0.05, 0) is 18.6 Å². The Morgan fingerprint density at radius 2 is 2.27 bits per heavy atom. The van der Waals surface area contributed by atoms with Crippen molar-refractivity contribution in [3.63, 3.8) is 0 Å². The van der Waals surface area contributed by atoms with Crippen molar-refractivity contribution in [2.45, 2.75) is 18.5 Å². The first-order valence-corrected chi connectivity index (χ1v) is 4.98. The summed E-state index contributed by atoms with van der Waals surface area (Å²) in [7, 11) is 0. The Labute approximate surface area is 91.4 Å². The zero-order chi connectivity index (χ0) is 11.0. The van der Waals surface area contributed by atoms with Gasteiger partial charge in [-0.25, -0.2) is 4.39 Å². The van der Waals surface area contributed by atoms with Gasteiger partial charge in [0.15, 0.2) is 0 Å². The van der Waals surface area contributed by atoms with E-state index in [0.29, 0.717) is 0 Å². The molecule has 1 aromatic carbocycles. The minimum atomic E-state index is -0.593. The molecule has 2 atom stereocenters. The fraction of sp³-hybridized carbons (Fsp3) is 0.300. The highest BCUT2D eigenvalue weighted by Gasteiger charge is 2.35. The summed E-state index contributed by atoms with van der Waals surface area (Å²) in [5.74, 6) is -0.970. The van der Waals surface area contributed by atoms with E-state index in [4.69, 9.17) is 17.3 Å². The number of amides is 1. The van der Waals surface area contributed by atoms with Gasteiger partial charge in [-0.1, -0.05) is 17.7 Å². The largest absolute Gasteiger partial charge is 0.348 e. The number of halogens is 2. The third kappa shape index (κ3) is 2.11. The lowest BCUT2D eigenvalue weighted by molar-refractivity contribution is 0.0950. The van der Waals surface area contributed by atoms with Crippen LogP contribution >= 0.6 is 11.6 Å². The van der Waals surface area contributed by atoms with Crippen molar-refractivity contribution in [2.24, 2.45) is 5.73 Å². The molecule has 3 N–H and O–H groups in total. The first kappa shape index (κ1) is 10.4. The third-order valence-electron chi connectivity index (χ3n) is 2.35. The summed E-state index contributed by atoms with van der Waals surface area (Å²) < 4.78 is 13.0. The Bertz CT molecular complexity index is 410. The molecule has 0 saturated heterocycles. The van der Waals surface area contributed by atoms with Gasteiger partial charge < -0.3 is 11.1 Å². The zero-order valence-corrected chi connectivity index (χ0v) is 8.59. The molecule has 0 aliphatic heterocycles. The van der Waals surface area contributed by atoms with Crippen LogP contribution in [0.3, 0.4) is 0 Å². The fourth-order valence-electron chi connectivity index (χ4n) is 1.31. The number of hydrogen-bond donors (Lipinski definition) is 2. The predicted octanol–water partition coefficient (Wildman–Crippen LogP) is 1.31. The van der Waals surface area contributed by atoms with Gasteiger partial charge in [0.05, 0.1) is 10.6 Å². The molecular formula is C10H10ClFN2O. The molecule has 0 aromatic heterocycles. The van der Waals surface area contributed by atoms with Gasteiger partial charge in [0, 0.05) is 12.1 Å². The fourth-order valence-corrected chi connectivity index (χ4v) is 1.52. The van der Waals surface area contributed by atoms with E-state index in [1.54, 1.807) is 0 Å². The first-order chi connectivity index (χ1) is 7.09. The van der Waals surface area contributed by atoms with Gasteiger partial charge in [0.2, 0.25) is 0 Å². The highest BCUT2D eigenvalue weighted by atomic mass is 35.5. The molecule has 0 bridgehead atoms. The van der Waals surface area contributed by atoms with Gasteiger partial charge in [-0.15, -0.1) is 0 Å². The average molecular weight is 229 g/mol. The van der Waals surface area contributed by atoms with Crippen molar-refractivity contribution in [1.82, 2.24) is 5.32 Å². The maximum atomic E-state index is 13.0. The van der Waals surface area contributed by atoms with Crippen LogP contribution in [0.5, 0.6) is 0 Å². The van der Waals surface area contributed by atoms with E-state index in [1.165, 1.54) is 18.2 Å². The zero-order valence-electron chi connectivity index (χ0n) is 7.84. The van der Waals surface area contributed by atoms with Gasteiger partial charge >= 0.3 is 0 Å². The summed E-state index contributed by atoms with van der Waals surface area (Å²) in [4.78, 5) is 11.6. The number of carbonyl (C=O) groups excluding carboxylic acids is 1. The number of rotatable bonds is 2. The average Bonchev–Trinajstić information content (AvgIpc) is 2.86. The molecule has 1 aromatic rings. The standard InChI is InChI=1S/C10H10ClFN2O/c11-9-5(2-1-3-6(9)12)10(15)14-8-4-7(8)13/h1-3,7-8H,4,13H2,(H,14,15). The van der Waals surface area contributed by atoms with Crippen molar-refractivity contribution in [3.8, 4) is 0 Å². The van der Waals surface area contributed by atoms with Crippen LogP contribution in [-0.4, -0.2) is 18.0 Å². The van der Waals surface area contributed by atoms with E-state index in [0.717, 1.165) is 6.42 Å². The molecule has 3 nitrogen and oxygen atoms in total. The van der Waals surface area contributed by atoms with E-state index < -0.39 is 5.82 Å². The van der Waals surface area contributed by atoms with E-state index in [2.05, 4.69) is 5.32 Å². The normalized spacial score (nSPS) is 23.7. The molecule has 1 aliphatic carbocycles. The maximum absolute atomic E-state index is 13.0. The highest BCUT2D eigenvalue weighted by molar-refractivity contribution is 6.34. The molecule has 5 heteroatoms. The molecule has 15 heavy (non-hydrogen) atoms. The molecule has 0 radical (unpaired) electrons. The monoisotopic (exact) mass is 228 g/mol. The number of nitrogens with two attached hydrogens (primary N) is 1. The summed E-state index contributed by atoms with van der Waals surface area (Å²) >= 11 is 5.66. The predicted molar refractivity (Wildman–Crippen MR) is 55.3 cm³/mol. The quantitative estimate of drug-likeness (QED) is 0.802. The molecule has 1 amide bonds. The summed E-state index contributed by atoms with van der Waals surface area (Å²) in [6, 6.07) is 4.15. The van der Waals surface area contributed by atoms with Crippen LogP contribution in [0, 0.1) is 5.82 Å². The second kappa shape index (κ2) is 3.79. The maximum Gasteiger partial charge on any atom is 0.253 e. The Morgan fingerprint density at radius 3 is 2.87 bits per heavy atom. The first-order valence-electron chi connectivity index (χ1n) is 4.60. The van der Waals surface area contributed by atoms with Crippen molar-refractivity contribution in [1.29, 1.82) is 0 Å². The summed E-state index contributed by atoms with van der Waals surface area (Å²) in [5, 5.41) is 2.52. The van der Waals surface area contributed by atoms with Gasteiger partial charge in [-0.2, -0.15) is 0 Å². The Morgan fingerprint density at radius 1 is 1.60 bits per heavy atom. The van der Waals surface area contributed by atoms with Gasteiger partial charge in [0.25, 0.3) is 5.91 Å². The number of hydrogen-bond acceptors (Lipinski definition) is 2. The summed E-state index contributed by atoms with van der Waals surface area (Å²) in [6.07, 6.45) is 0.763. The molecule has 0 heterocycles. The van der Waals surface area contributed by atoms with Crippen molar-refractivity contribution in [3.05, 3.63) is 34.6 Å². The van der Waals surface area contributed by atoms with Crippen LogP contribution in [0.2, 0.25) is 5.02 Å². The smallest absolute Gasteiger partial charge is 0.253 e. The molecule has 1 aliphatic rings. The second-order valence-electron chi connectivity index (χ2n) is 3.58.